The number of hydrogen-bond donors (Lipinski definition) is 0. The van der Waals surface area contributed by atoms with Crippen LogP contribution in [0.5, 0.6) is 0 Å². The molecule has 0 spiro atoms. The van der Waals surface area contributed by atoms with E-state index >= 15 is 0 Å². The van der Waals surface area contributed by atoms with E-state index in [1.165, 1.54) is 4.31 Å². The molecule has 2 heterocycles. The Morgan fingerprint density at radius 3 is 1.87 bits per heavy atom. The van der Waals surface area contributed by atoms with Crippen molar-refractivity contribution in [1.29, 1.82) is 0 Å². The van der Waals surface area contributed by atoms with Gasteiger partial charge in [0.2, 0.25) is 10.0 Å². The summed E-state index contributed by atoms with van der Waals surface area (Å²) in [5.41, 5.74) is 2.92. The van der Waals surface area contributed by atoms with E-state index in [9.17, 15) is 18.0 Å². The van der Waals surface area contributed by atoms with Crippen molar-refractivity contribution in [2.45, 2.75) is 13.3 Å². The average molecular weight is 428 g/mol. The maximum Gasteiger partial charge on any atom is 0.253 e. The molecule has 2 fully saturated rings. The third-order valence-corrected chi connectivity index (χ3v) is 7.58. The Bertz CT molecular complexity index is 1040. The molecule has 4 rings (SSSR count). The van der Waals surface area contributed by atoms with E-state index in [2.05, 4.69) is 4.90 Å². The molecule has 2 aromatic rings. The van der Waals surface area contributed by atoms with Gasteiger partial charge in [-0.3, -0.25) is 13.9 Å². The fourth-order valence-corrected chi connectivity index (χ4v) is 5.52. The number of amides is 1. The first kappa shape index (κ1) is 20.4. The van der Waals surface area contributed by atoms with E-state index in [1.807, 2.05) is 29.2 Å². The number of carbonyl (C=O) groups excluding carboxylic acids is 2. The highest BCUT2D eigenvalue weighted by molar-refractivity contribution is 7.93. The molecule has 0 atom stereocenters. The van der Waals surface area contributed by atoms with Crippen LogP contribution in [-0.2, 0) is 10.0 Å². The Morgan fingerprint density at radius 1 is 0.767 bits per heavy atom. The molecular weight excluding hydrogens is 402 g/mol. The number of carbonyl (C=O) groups is 2. The molecule has 0 N–H and O–H groups in total. The Kier molecular flexibility index (Phi) is 5.51. The molecule has 2 aromatic carbocycles. The van der Waals surface area contributed by atoms with E-state index in [-0.39, 0.29) is 17.4 Å². The van der Waals surface area contributed by atoms with Crippen molar-refractivity contribution in [2.75, 3.05) is 47.7 Å². The number of hydrogen-bond acceptors (Lipinski definition) is 5. The monoisotopic (exact) mass is 427 g/mol. The van der Waals surface area contributed by atoms with Crippen LogP contribution in [0.25, 0.3) is 0 Å². The normalized spacial score (nSPS) is 18.5. The van der Waals surface area contributed by atoms with Gasteiger partial charge in [0, 0.05) is 49.5 Å². The molecule has 30 heavy (non-hydrogen) atoms. The summed E-state index contributed by atoms with van der Waals surface area (Å²) in [4.78, 5) is 28.3. The van der Waals surface area contributed by atoms with Crippen molar-refractivity contribution >= 4 is 33.1 Å². The van der Waals surface area contributed by atoms with Crippen molar-refractivity contribution in [2.24, 2.45) is 0 Å². The smallest absolute Gasteiger partial charge is 0.253 e. The van der Waals surface area contributed by atoms with Gasteiger partial charge in [-0.05, 0) is 61.9 Å². The van der Waals surface area contributed by atoms with E-state index in [0.717, 1.165) is 18.8 Å². The minimum absolute atomic E-state index is 0.0441. The molecule has 7 nitrogen and oxygen atoms in total. The van der Waals surface area contributed by atoms with Crippen LogP contribution in [0.4, 0.5) is 11.4 Å². The second-order valence-corrected chi connectivity index (χ2v) is 9.68. The second-order valence-electron chi connectivity index (χ2n) is 7.67. The topological polar surface area (TPSA) is 78.0 Å². The molecule has 0 unspecified atom stereocenters. The number of piperazine rings is 1. The minimum Gasteiger partial charge on any atom is -0.368 e. The van der Waals surface area contributed by atoms with Crippen LogP contribution in [0.1, 0.15) is 34.1 Å². The molecule has 2 aliphatic rings. The van der Waals surface area contributed by atoms with Crippen LogP contribution in [0.15, 0.2) is 48.5 Å². The second kappa shape index (κ2) is 8.10. The quantitative estimate of drug-likeness (QED) is 0.700. The lowest BCUT2D eigenvalue weighted by Gasteiger charge is -2.36. The van der Waals surface area contributed by atoms with Gasteiger partial charge in [0.25, 0.3) is 5.91 Å². The van der Waals surface area contributed by atoms with Gasteiger partial charge in [-0.1, -0.05) is 0 Å². The van der Waals surface area contributed by atoms with Gasteiger partial charge in [0.15, 0.2) is 5.78 Å². The van der Waals surface area contributed by atoms with Crippen molar-refractivity contribution in [1.82, 2.24) is 4.90 Å². The number of benzene rings is 2. The van der Waals surface area contributed by atoms with Gasteiger partial charge in [0.05, 0.1) is 11.4 Å². The third-order valence-electron chi connectivity index (χ3n) is 5.71. The molecule has 0 saturated carbocycles. The zero-order valence-electron chi connectivity index (χ0n) is 17.0. The molecule has 1 amide bonds. The zero-order valence-corrected chi connectivity index (χ0v) is 17.8. The van der Waals surface area contributed by atoms with E-state index in [4.69, 9.17) is 0 Å². The van der Waals surface area contributed by atoms with Crippen LogP contribution in [0, 0.1) is 0 Å². The largest absolute Gasteiger partial charge is 0.368 e. The molecule has 2 saturated heterocycles. The predicted molar refractivity (Wildman–Crippen MR) is 117 cm³/mol. The van der Waals surface area contributed by atoms with Gasteiger partial charge >= 0.3 is 0 Å². The molecule has 0 radical (unpaired) electrons. The van der Waals surface area contributed by atoms with Crippen molar-refractivity contribution in [3.8, 4) is 0 Å². The Morgan fingerprint density at radius 2 is 1.33 bits per heavy atom. The molecule has 0 aromatic heterocycles. The average Bonchev–Trinajstić information content (AvgIpc) is 3.12. The third kappa shape index (κ3) is 4.05. The Balaban J connectivity index is 1.38. The SMILES string of the molecule is CC(=O)c1ccc(N2CCN(C(=O)c3ccc(N4CCCS4(=O)=O)cc3)CC2)cc1. The van der Waals surface area contributed by atoms with Gasteiger partial charge in [-0.25, -0.2) is 8.42 Å². The highest BCUT2D eigenvalue weighted by Gasteiger charge is 2.29. The maximum atomic E-state index is 12.9. The lowest BCUT2D eigenvalue weighted by Crippen LogP contribution is -2.48. The first-order chi connectivity index (χ1) is 14.3. The molecule has 8 heteroatoms. The number of nitrogens with zero attached hydrogens (tertiary/aromatic N) is 3. The summed E-state index contributed by atoms with van der Waals surface area (Å²) in [6, 6.07) is 14.4. The summed E-state index contributed by atoms with van der Waals surface area (Å²) in [6.07, 6.45) is 0.630. The van der Waals surface area contributed by atoms with Crippen molar-refractivity contribution < 1.29 is 18.0 Å². The summed E-state index contributed by atoms with van der Waals surface area (Å²) < 4.78 is 25.5. The summed E-state index contributed by atoms with van der Waals surface area (Å²) in [5.74, 6) is 0.179. The van der Waals surface area contributed by atoms with Crippen LogP contribution >= 0.6 is 0 Å². The van der Waals surface area contributed by atoms with Gasteiger partial charge in [-0.2, -0.15) is 0 Å². The number of ketones is 1. The van der Waals surface area contributed by atoms with Gasteiger partial charge in [-0.15, -0.1) is 0 Å². The molecule has 0 aliphatic carbocycles. The lowest BCUT2D eigenvalue weighted by molar-refractivity contribution is 0.0746. The fourth-order valence-electron chi connectivity index (χ4n) is 3.96. The highest BCUT2D eigenvalue weighted by Crippen LogP contribution is 2.25. The van der Waals surface area contributed by atoms with Crippen LogP contribution < -0.4 is 9.21 Å². The summed E-state index contributed by atoms with van der Waals surface area (Å²) in [6.45, 7) is 4.69. The fraction of sp³-hybridized carbons (Fsp3) is 0.364. The molecule has 2 aliphatic heterocycles. The summed E-state index contributed by atoms with van der Waals surface area (Å²) >= 11 is 0. The summed E-state index contributed by atoms with van der Waals surface area (Å²) in [5, 5.41) is 0. The standard InChI is InChI=1S/C22H25N3O4S/c1-17(26)18-3-7-20(8-4-18)23-12-14-24(15-13-23)22(27)19-5-9-21(10-6-19)25-11-2-16-30(25,28)29/h3-10H,2,11-16H2,1H3. The number of anilines is 2. The minimum atomic E-state index is -3.22. The van der Waals surface area contributed by atoms with E-state index < -0.39 is 10.0 Å². The van der Waals surface area contributed by atoms with Crippen molar-refractivity contribution in [3.63, 3.8) is 0 Å². The number of Topliss-reactive ketones (excluding diaryl/α,β-unsaturated/α-hetero) is 1. The summed E-state index contributed by atoms with van der Waals surface area (Å²) in [7, 11) is -3.22. The first-order valence-corrected chi connectivity index (χ1v) is 11.7. The van der Waals surface area contributed by atoms with E-state index in [0.29, 0.717) is 42.9 Å². The van der Waals surface area contributed by atoms with Gasteiger partial charge < -0.3 is 9.80 Å². The molecular formula is C22H25N3O4S. The first-order valence-electron chi connectivity index (χ1n) is 10.1. The Hall–Kier alpha value is -2.87. The van der Waals surface area contributed by atoms with Crippen molar-refractivity contribution in [3.05, 3.63) is 59.7 Å². The van der Waals surface area contributed by atoms with Crippen LogP contribution in [0.3, 0.4) is 0 Å². The van der Waals surface area contributed by atoms with Crippen LogP contribution in [-0.4, -0.2) is 63.5 Å². The number of rotatable bonds is 4. The highest BCUT2D eigenvalue weighted by atomic mass is 32.2. The predicted octanol–water partition coefficient (Wildman–Crippen LogP) is 2.39. The zero-order chi connectivity index (χ0) is 21.3. The lowest BCUT2D eigenvalue weighted by atomic mass is 10.1. The molecule has 158 valence electrons. The molecule has 0 bridgehead atoms. The maximum absolute atomic E-state index is 12.9. The van der Waals surface area contributed by atoms with E-state index in [1.54, 1.807) is 31.2 Å². The number of sulfonamides is 1. The van der Waals surface area contributed by atoms with Gasteiger partial charge in [0.1, 0.15) is 0 Å². The van der Waals surface area contributed by atoms with Crippen LogP contribution in [0.2, 0.25) is 0 Å². The Labute approximate surface area is 176 Å².